The van der Waals surface area contributed by atoms with Gasteiger partial charge in [0.1, 0.15) is 6.33 Å². The summed E-state index contributed by atoms with van der Waals surface area (Å²) in [6, 6.07) is 15.4. The van der Waals surface area contributed by atoms with E-state index in [0.29, 0.717) is 12.1 Å². The Kier molecular flexibility index (Phi) is 2.93. The number of aromatic nitrogens is 4. The molecule has 0 saturated heterocycles. The zero-order chi connectivity index (χ0) is 14.9. The first kappa shape index (κ1) is 12.7. The average molecular weight is 291 g/mol. The van der Waals surface area contributed by atoms with Gasteiger partial charge in [0.15, 0.2) is 0 Å². The first-order chi connectivity index (χ1) is 10.8. The van der Waals surface area contributed by atoms with Crippen molar-refractivity contribution in [3.63, 3.8) is 0 Å². The van der Waals surface area contributed by atoms with Gasteiger partial charge in [0.05, 0.1) is 5.69 Å². The van der Waals surface area contributed by atoms with E-state index in [1.807, 2.05) is 41.3 Å². The zero-order valence-electron chi connectivity index (χ0n) is 11.8. The van der Waals surface area contributed by atoms with Crippen molar-refractivity contribution >= 4 is 11.6 Å². The first-order valence-electron chi connectivity index (χ1n) is 7.06. The van der Waals surface area contributed by atoms with Crippen LogP contribution in [-0.2, 0) is 6.42 Å². The van der Waals surface area contributed by atoms with Crippen LogP contribution in [0, 0.1) is 0 Å². The Labute approximate surface area is 127 Å². The smallest absolute Gasteiger partial charge is 0.258 e. The van der Waals surface area contributed by atoms with E-state index in [2.05, 4.69) is 21.6 Å². The molecule has 0 radical (unpaired) electrons. The van der Waals surface area contributed by atoms with Gasteiger partial charge < -0.3 is 4.90 Å². The van der Waals surface area contributed by atoms with Gasteiger partial charge in [-0.1, -0.05) is 24.3 Å². The molecule has 0 bridgehead atoms. The molecule has 1 aliphatic rings. The molecule has 0 spiro atoms. The second kappa shape index (κ2) is 5.07. The fourth-order valence-corrected chi connectivity index (χ4v) is 2.77. The van der Waals surface area contributed by atoms with Gasteiger partial charge in [-0.3, -0.25) is 4.79 Å². The number of carbonyl (C=O) groups is 1. The maximum absolute atomic E-state index is 12.8. The van der Waals surface area contributed by atoms with Gasteiger partial charge in [-0.15, -0.1) is 5.10 Å². The summed E-state index contributed by atoms with van der Waals surface area (Å²) in [4.78, 5) is 14.6. The number of nitrogens with zero attached hydrogens (tertiary/aromatic N) is 5. The SMILES string of the molecule is O=C(c1cccc(-n2cnnn2)c1)N1CCc2ccccc21. The highest BCUT2D eigenvalue weighted by atomic mass is 16.2. The molecule has 108 valence electrons. The molecule has 0 fully saturated rings. The van der Waals surface area contributed by atoms with Crippen molar-refractivity contribution in [3.8, 4) is 5.69 Å². The quantitative estimate of drug-likeness (QED) is 0.723. The summed E-state index contributed by atoms with van der Waals surface area (Å²) in [7, 11) is 0. The van der Waals surface area contributed by atoms with Crippen molar-refractivity contribution in [3.05, 3.63) is 66.0 Å². The topological polar surface area (TPSA) is 63.9 Å². The predicted molar refractivity (Wildman–Crippen MR) is 81.0 cm³/mol. The summed E-state index contributed by atoms with van der Waals surface area (Å²) >= 11 is 0. The van der Waals surface area contributed by atoms with Gasteiger partial charge >= 0.3 is 0 Å². The lowest BCUT2D eigenvalue weighted by Crippen LogP contribution is -2.28. The molecule has 4 rings (SSSR count). The summed E-state index contributed by atoms with van der Waals surface area (Å²) in [5.41, 5.74) is 3.61. The van der Waals surface area contributed by atoms with Crippen LogP contribution in [0.4, 0.5) is 5.69 Å². The maximum atomic E-state index is 12.8. The van der Waals surface area contributed by atoms with Crippen LogP contribution in [0.1, 0.15) is 15.9 Å². The largest absolute Gasteiger partial charge is 0.308 e. The molecule has 22 heavy (non-hydrogen) atoms. The molecule has 2 heterocycles. The lowest BCUT2D eigenvalue weighted by Gasteiger charge is -2.17. The molecule has 2 aromatic carbocycles. The minimum Gasteiger partial charge on any atom is -0.308 e. The van der Waals surface area contributed by atoms with E-state index in [1.54, 1.807) is 6.07 Å². The normalized spacial score (nSPS) is 13.2. The highest BCUT2D eigenvalue weighted by molar-refractivity contribution is 6.07. The van der Waals surface area contributed by atoms with E-state index < -0.39 is 0 Å². The molecule has 0 aliphatic carbocycles. The molecule has 6 heteroatoms. The zero-order valence-corrected chi connectivity index (χ0v) is 11.8. The molecule has 1 aliphatic heterocycles. The number of anilines is 1. The second-order valence-corrected chi connectivity index (χ2v) is 5.14. The molecule has 0 N–H and O–H groups in total. The molecule has 1 aromatic heterocycles. The highest BCUT2D eigenvalue weighted by Gasteiger charge is 2.25. The summed E-state index contributed by atoms with van der Waals surface area (Å²) in [5.74, 6) is -0.000116. The Balaban J connectivity index is 1.68. The number of amides is 1. The Morgan fingerprint density at radius 3 is 2.86 bits per heavy atom. The van der Waals surface area contributed by atoms with Gasteiger partial charge in [0.25, 0.3) is 5.91 Å². The van der Waals surface area contributed by atoms with E-state index in [-0.39, 0.29) is 5.91 Å². The lowest BCUT2D eigenvalue weighted by molar-refractivity contribution is 0.0989. The Morgan fingerprint density at radius 1 is 1.09 bits per heavy atom. The standard InChI is InChI=1S/C16H13N5O/c22-16(20-9-8-12-4-1-2-7-15(12)20)13-5-3-6-14(10-13)21-11-17-18-19-21/h1-7,10-11H,8-9H2. The molecule has 6 nitrogen and oxygen atoms in total. The fourth-order valence-electron chi connectivity index (χ4n) is 2.77. The Morgan fingerprint density at radius 2 is 2.00 bits per heavy atom. The monoisotopic (exact) mass is 291 g/mol. The highest BCUT2D eigenvalue weighted by Crippen LogP contribution is 2.29. The maximum Gasteiger partial charge on any atom is 0.258 e. The van der Waals surface area contributed by atoms with Crippen molar-refractivity contribution in [2.24, 2.45) is 0 Å². The third kappa shape index (κ3) is 2.05. The van der Waals surface area contributed by atoms with Crippen molar-refractivity contribution in [2.75, 3.05) is 11.4 Å². The van der Waals surface area contributed by atoms with Gasteiger partial charge in [-0.05, 0) is 46.7 Å². The van der Waals surface area contributed by atoms with Crippen LogP contribution >= 0.6 is 0 Å². The van der Waals surface area contributed by atoms with Gasteiger partial charge in [0, 0.05) is 17.8 Å². The first-order valence-corrected chi connectivity index (χ1v) is 7.06. The second-order valence-electron chi connectivity index (χ2n) is 5.14. The van der Waals surface area contributed by atoms with Crippen molar-refractivity contribution in [1.29, 1.82) is 0 Å². The fraction of sp³-hybridized carbons (Fsp3) is 0.125. The van der Waals surface area contributed by atoms with Crippen LogP contribution < -0.4 is 4.90 Å². The van der Waals surface area contributed by atoms with Crippen molar-refractivity contribution in [1.82, 2.24) is 20.2 Å². The van der Waals surface area contributed by atoms with E-state index in [1.165, 1.54) is 16.6 Å². The van der Waals surface area contributed by atoms with Crippen LogP contribution in [0.3, 0.4) is 0 Å². The molecule has 0 saturated carbocycles. The van der Waals surface area contributed by atoms with Crippen LogP contribution in [-0.4, -0.2) is 32.7 Å². The van der Waals surface area contributed by atoms with Crippen LogP contribution in [0.25, 0.3) is 5.69 Å². The Hall–Kier alpha value is -3.02. The van der Waals surface area contributed by atoms with Crippen molar-refractivity contribution < 1.29 is 4.79 Å². The van der Waals surface area contributed by atoms with E-state index in [0.717, 1.165) is 17.8 Å². The molecule has 1 amide bonds. The summed E-state index contributed by atoms with van der Waals surface area (Å²) in [6.45, 7) is 0.716. The summed E-state index contributed by atoms with van der Waals surface area (Å²) in [5, 5.41) is 11.1. The number of para-hydroxylation sites is 1. The Bertz CT molecular complexity index is 828. The molecular weight excluding hydrogens is 278 g/mol. The van der Waals surface area contributed by atoms with Gasteiger partial charge in [0.2, 0.25) is 0 Å². The van der Waals surface area contributed by atoms with Crippen LogP contribution in [0.15, 0.2) is 54.9 Å². The number of tetrazole rings is 1. The van der Waals surface area contributed by atoms with Crippen LogP contribution in [0.2, 0.25) is 0 Å². The average Bonchev–Trinajstić information content (AvgIpc) is 3.24. The third-order valence-electron chi connectivity index (χ3n) is 3.84. The third-order valence-corrected chi connectivity index (χ3v) is 3.84. The van der Waals surface area contributed by atoms with E-state index >= 15 is 0 Å². The van der Waals surface area contributed by atoms with Gasteiger partial charge in [-0.2, -0.15) is 0 Å². The molecule has 0 atom stereocenters. The summed E-state index contributed by atoms with van der Waals surface area (Å²) in [6.07, 6.45) is 2.41. The van der Waals surface area contributed by atoms with Gasteiger partial charge in [-0.25, -0.2) is 4.68 Å². The number of benzene rings is 2. The number of hydrogen-bond donors (Lipinski definition) is 0. The van der Waals surface area contributed by atoms with Crippen LogP contribution in [0.5, 0.6) is 0 Å². The lowest BCUT2D eigenvalue weighted by atomic mass is 10.1. The minimum atomic E-state index is -0.000116. The number of carbonyl (C=O) groups excluding carboxylic acids is 1. The minimum absolute atomic E-state index is 0.000116. The van der Waals surface area contributed by atoms with E-state index in [9.17, 15) is 4.79 Å². The molecule has 3 aromatic rings. The predicted octanol–water partition coefficient (Wildman–Crippen LogP) is 1.87. The molecule has 0 unspecified atom stereocenters. The van der Waals surface area contributed by atoms with Crippen molar-refractivity contribution in [2.45, 2.75) is 6.42 Å². The number of hydrogen-bond acceptors (Lipinski definition) is 4. The summed E-state index contributed by atoms with van der Waals surface area (Å²) < 4.78 is 1.54. The van der Waals surface area contributed by atoms with E-state index in [4.69, 9.17) is 0 Å². The molecular formula is C16H13N5O. The number of fused-ring (bicyclic) bond motifs is 1. The number of rotatable bonds is 2.